The van der Waals surface area contributed by atoms with E-state index in [1.165, 1.54) is 22.3 Å². The van der Waals surface area contributed by atoms with Gasteiger partial charge in [-0.25, -0.2) is 4.39 Å². The second kappa shape index (κ2) is 15.5. The minimum absolute atomic E-state index is 0.0647. The topological polar surface area (TPSA) is 102 Å². The highest BCUT2D eigenvalue weighted by molar-refractivity contribution is 7.17. The van der Waals surface area contributed by atoms with Gasteiger partial charge in [0, 0.05) is 54.2 Å². The van der Waals surface area contributed by atoms with Crippen molar-refractivity contribution in [3.8, 4) is 0 Å². The summed E-state index contributed by atoms with van der Waals surface area (Å²) in [6.45, 7) is 0.932. The lowest BCUT2D eigenvalue weighted by atomic mass is 9.87. The third kappa shape index (κ3) is 8.76. The number of halogens is 5. The zero-order valence-electron chi connectivity index (χ0n) is 27.3. The molecule has 0 spiro atoms. The number of benzene rings is 2. The van der Waals surface area contributed by atoms with Gasteiger partial charge in [0.25, 0.3) is 5.91 Å². The van der Waals surface area contributed by atoms with E-state index < -0.39 is 36.3 Å². The summed E-state index contributed by atoms with van der Waals surface area (Å²) in [5, 5.41) is 14.6. The lowest BCUT2D eigenvalue weighted by molar-refractivity contribution is -0.150. The molecule has 0 unspecified atom stereocenters. The summed E-state index contributed by atoms with van der Waals surface area (Å²) in [6.07, 6.45) is -1.95. The van der Waals surface area contributed by atoms with Crippen molar-refractivity contribution in [3.63, 3.8) is 0 Å². The van der Waals surface area contributed by atoms with Gasteiger partial charge in [0.05, 0.1) is 53.9 Å². The van der Waals surface area contributed by atoms with Crippen LogP contribution in [0.1, 0.15) is 48.0 Å². The van der Waals surface area contributed by atoms with E-state index in [2.05, 4.69) is 10.2 Å². The first kappa shape index (κ1) is 36.5. The number of nitrogens with one attached hydrogen (secondary N) is 1. The van der Waals surface area contributed by atoms with Crippen LogP contribution in [0.3, 0.4) is 0 Å². The van der Waals surface area contributed by atoms with Gasteiger partial charge >= 0.3 is 12.1 Å². The molecule has 1 aliphatic carbocycles. The molecule has 9 nitrogen and oxygen atoms in total. The van der Waals surface area contributed by atoms with Crippen LogP contribution >= 0.6 is 22.9 Å². The zero-order valence-corrected chi connectivity index (χ0v) is 28.8. The zero-order chi connectivity index (χ0) is 35.6. The Morgan fingerprint density at radius 2 is 1.76 bits per heavy atom. The number of carbonyl (C=O) groups excluding carboxylic acids is 2. The van der Waals surface area contributed by atoms with E-state index in [0.29, 0.717) is 57.3 Å². The number of aliphatic carboxylic acids is 1. The Labute approximate surface area is 296 Å². The molecule has 1 aromatic heterocycles. The normalized spacial score (nSPS) is 23.7. The molecule has 0 bridgehead atoms. The van der Waals surface area contributed by atoms with Gasteiger partial charge in [0.1, 0.15) is 5.82 Å². The fourth-order valence-electron chi connectivity index (χ4n) is 7.31. The first-order chi connectivity index (χ1) is 23.8. The number of ether oxygens (including phenoxy) is 1. The lowest BCUT2D eigenvalue weighted by Gasteiger charge is -2.38. The van der Waals surface area contributed by atoms with Crippen LogP contribution in [0.25, 0.3) is 10.1 Å². The second-order valence-corrected chi connectivity index (χ2v) is 14.7. The van der Waals surface area contributed by atoms with Gasteiger partial charge in [-0.2, -0.15) is 13.2 Å². The van der Waals surface area contributed by atoms with Gasteiger partial charge in [0.2, 0.25) is 5.91 Å². The number of nitrogens with zero attached hydrogens (tertiary/aromatic N) is 3. The predicted molar refractivity (Wildman–Crippen MR) is 182 cm³/mol. The van der Waals surface area contributed by atoms with Crippen molar-refractivity contribution >= 4 is 56.5 Å². The molecule has 50 heavy (non-hydrogen) atoms. The third-order valence-corrected chi connectivity index (χ3v) is 11.3. The maximum absolute atomic E-state index is 15.5. The fraction of sp³-hybridized carbons (Fsp3) is 0.514. The third-order valence-electron chi connectivity index (χ3n) is 10.0. The van der Waals surface area contributed by atoms with Crippen molar-refractivity contribution in [2.45, 2.75) is 62.9 Å². The highest BCUT2D eigenvalue weighted by Crippen LogP contribution is 2.32. The molecule has 2 saturated heterocycles. The smallest absolute Gasteiger partial charge is 0.401 e. The highest BCUT2D eigenvalue weighted by atomic mass is 35.5. The van der Waals surface area contributed by atoms with Crippen molar-refractivity contribution in [1.29, 1.82) is 0 Å². The number of likely N-dealkylation sites (tertiary alicyclic amines) is 1. The molecule has 1 saturated carbocycles. The van der Waals surface area contributed by atoms with E-state index in [9.17, 15) is 32.7 Å². The molecule has 3 aromatic rings. The van der Waals surface area contributed by atoms with Crippen LogP contribution in [0.2, 0.25) is 5.02 Å². The molecule has 3 fully saturated rings. The number of fused-ring (bicyclic) bond motifs is 1. The number of alkyl halides is 3. The Bertz CT molecular complexity index is 1710. The first-order valence-corrected chi connectivity index (χ1v) is 18.0. The van der Waals surface area contributed by atoms with Gasteiger partial charge in [0.15, 0.2) is 0 Å². The summed E-state index contributed by atoms with van der Waals surface area (Å²) >= 11 is 7.92. The summed E-state index contributed by atoms with van der Waals surface area (Å²) in [7, 11) is 0. The van der Waals surface area contributed by atoms with E-state index in [1.54, 1.807) is 10.3 Å². The van der Waals surface area contributed by atoms with E-state index in [4.69, 9.17) is 16.3 Å². The largest absolute Gasteiger partial charge is 0.481 e. The van der Waals surface area contributed by atoms with Crippen LogP contribution in [0, 0.1) is 11.7 Å². The number of hydrogen-bond donors (Lipinski definition) is 2. The van der Waals surface area contributed by atoms with Crippen LogP contribution in [-0.4, -0.2) is 108 Å². The SMILES string of the molecule is O=C(Nc1cc(F)c(CC(=O)N2C[C@@H](N3CCN(CC(F)(F)F)CC3)C[C@H]2COC2CCC(C(=O)O)CC2)cc1Cl)c1csc2ccccc12. The van der Waals surface area contributed by atoms with Gasteiger partial charge in [-0.1, -0.05) is 29.8 Å². The van der Waals surface area contributed by atoms with Crippen molar-refractivity contribution in [1.82, 2.24) is 14.7 Å². The number of carbonyl (C=O) groups is 3. The molecular weight excluding hydrogens is 700 g/mol. The van der Waals surface area contributed by atoms with Crippen molar-refractivity contribution in [2.24, 2.45) is 5.92 Å². The minimum atomic E-state index is -4.27. The van der Waals surface area contributed by atoms with Crippen molar-refractivity contribution in [3.05, 3.63) is 63.7 Å². The number of carboxylic acids is 1. The molecule has 2 atom stereocenters. The Hall–Kier alpha value is -3.30. The van der Waals surface area contributed by atoms with Crippen LogP contribution in [0.15, 0.2) is 41.8 Å². The van der Waals surface area contributed by atoms with Gasteiger partial charge in [-0.3, -0.25) is 24.2 Å². The Balaban J connectivity index is 1.12. The first-order valence-electron chi connectivity index (χ1n) is 16.8. The molecule has 0 radical (unpaired) electrons. The minimum Gasteiger partial charge on any atom is -0.481 e. The molecule has 6 rings (SSSR count). The van der Waals surface area contributed by atoms with E-state index in [1.807, 2.05) is 24.3 Å². The van der Waals surface area contributed by atoms with E-state index >= 15 is 4.39 Å². The average Bonchev–Trinajstić information content (AvgIpc) is 3.71. The monoisotopic (exact) mass is 738 g/mol. The second-order valence-electron chi connectivity index (χ2n) is 13.4. The average molecular weight is 739 g/mol. The molecular formula is C35H39ClF4N4O5S. The summed E-state index contributed by atoms with van der Waals surface area (Å²) in [4.78, 5) is 43.4. The summed E-state index contributed by atoms with van der Waals surface area (Å²) < 4.78 is 61.5. The Morgan fingerprint density at radius 1 is 1.04 bits per heavy atom. The maximum Gasteiger partial charge on any atom is 0.401 e. The van der Waals surface area contributed by atoms with Crippen LogP contribution < -0.4 is 5.32 Å². The number of thiophene rings is 1. The Morgan fingerprint density at radius 3 is 2.46 bits per heavy atom. The van der Waals surface area contributed by atoms with Crippen molar-refractivity contribution < 1.29 is 41.8 Å². The predicted octanol–water partition coefficient (Wildman–Crippen LogP) is 6.30. The van der Waals surface area contributed by atoms with Gasteiger partial charge < -0.3 is 20.1 Å². The molecule has 2 N–H and O–H groups in total. The highest BCUT2D eigenvalue weighted by Gasteiger charge is 2.41. The number of hydrogen-bond acceptors (Lipinski definition) is 7. The van der Waals surface area contributed by atoms with E-state index in [0.717, 1.165) is 16.2 Å². The lowest BCUT2D eigenvalue weighted by Crippen LogP contribution is -2.52. The number of amides is 2. The molecule has 2 amide bonds. The summed E-state index contributed by atoms with van der Waals surface area (Å²) in [5.41, 5.74) is 0.583. The fourth-order valence-corrected chi connectivity index (χ4v) is 8.49. The van der Waals surface area contributed by atoms with Crippen LogP contribution in [0.4, 0.5) is 23.2 Å². The molecule has 270 valence electrons. The number of piperazine rings is 1. The molecule has 3 heterocycles. The summed E-state index contributed by atoms with van der Waals surface area (Å²) in [5.74, 6) is -2.69. The standard InChI is InChI=1S/C35H39ClF4N4O5S/c36-28-13-22(29(37)16-30(28)41-33(46)27-19-50-31-4-2-1-3-26(27)31)14-32(45)44-17-23(43-11-9-42(10-12-43)20-35(38,39)40)15-24(44)18-49-25-7-5-21(6-8-25)34(47)48/h1-4,13,16,19,21,23-25H,5-12,14-15,17-18,20H2,(H,41,46)(H,47,48)/t21?,23-,24-,25?/m0/s1. The quantitative estimate of drug-likeness (QED) is 0.236. The molecule has 2 aromatic carbocycles. The van der Waals surface area contributed by atoms with E-state index in [-0.39, 0.29) is 66.5 Å². The number of anilines is 1. The number of carboxylic acid groups (broad SMARTS) is 1. The van der Waals surface area contributed by atoms with Gasteiger partial charge in [-0.05, 0) is 55.9 Å². The van der Waals surface area contributed by atoms with Crippen LogP contribution in [0.5, 0.6) is 0 Å². The maximum atomic E-state index is 15.5. The molecule has 15 heteroatoms. The number of rotatable bonds is 10. The van der Waals surface area contributed by atoms with Gasteiger partial charge in [-0.15, -0.1) is 11.3 Å². The Kier molecular flexibility index (Phi) is 11.3. The molecule has 2 aliphatic heterocycles. The van der Waals surface area contributed by atoms with Crippen molar-refractivity contribution in [2.75, 3.05) is 51.2 Å². The molecule has 3 aliphatic rings. The van der Waals surface area contributed by atoms with Crippen LogP contribution in [-0.2, 0) is 20.7 Å². The summed E-state index contributed by atoms with van der Waals surface area (Å²) in [6, 6.07) is 9.43.